The van der Waals surface area contributed by atoms with Crippen LogP contribution in [0.2, 0.25) is 0 Å². The highest BCUT2D eigenvalue weighted by Crippen LogP contribution is 2.18. The maximum absolute atomic E-state index is 11.9. The second-order valence-electron chi connectivity index (χ2n) is 4.45. The lowest BCUT2D eigenvalue weighted by Crippen LogP contribution is -2.34. The molecule has 1 amide bonds. The van der Waals surface area contributed by atoms with Crippen molar-refractivity contribution < 1.29 is 4.79 Å². The Hall–Kier alpha value is -1.36. The van der Waals surface area contributed by atoms with Crippen molar-refractivity contribution >= 4 is 5.91 Å². The average Bonchev–Trinajstić information content (AvgIpc) is 2.86. The maximum Gasteiger partial charge on any atom is 0.244 e. The zero-order chi connectivity index (χ0) is 11.5. The van der Waals surface area contributed by atoms with Crippen LogP contribution in [-0.2, 0) is 11.3 Å². The van der Waals surface area contributed by atoms with Gasteiger partial charge in [-0.2, -0.15) is 5.10 Å². The van der Waals surface area contributed by atoms with E-state index in [-0.39, 0.29) is 11.9 Å². The molecule has 0 saturated carbocycles. The summed E-state index contributed by atoms with van der Waals surface area (Å²) in [5, 5.41) is 4.03. The van der Waals surface area contributed by atoms with Gasteiger partial charge in [-0.15, -0.1) is 0 Å². The van der Waals surface area contributed by atoms with Gasteiger partial charge in [0.15, 0.2) is 0 Å². The Morgan fingerprint density at radius 1 is 1.69 bits per heavy atom. The number of hydrogen-bond donors (Lipinski definition) is 1. The van der Waals surface area contributed by atoms with Crippen LogP contribution in [0.15, 0.2) is 18.5 Å². The van der Waals surface area contributed by atoms with Crippen molar-refractivity contribution in [3.63, 3.8) is 0 Å². The smallest absolute Gasteiger partial charge is 0.244 e. The summed E-state index contributed by atoms with van der Waals surface area (Å²) in [6, 6.07) is 1.99. The van der Waals surface area contributed by atoms with Crippen molar-refractivity contribution in [3.8, 4) is 0 Å². The molecule has 16 heavy (non-hydrogen) atoms. The van der Waals surface area contributed by atoms with E-state index in [2.05, 4.69) is 5.10 Å². The number of carbonyl (C=O) groups is 1. The van der Waals surface area contributed by atoms with E-state index in [1.54, 1.807) is 17.1 Å². The largest absolute Gasteiger partial charge is 0.341 e. The summed E-state index contributed by atoms with van der Waals surface area (Å²) in [4.78, 5) is 13.8. The third-order valence-corrected chi connectivity index (χ3v) is 3.18. The molecule has 0 bridgehead atoms. The molecule has 0 spiro atoms. The molecule has 0 radical (unpaired) electrons. The molecule has 0 aromatic carbocycles. The van der Waals surface area contributed by atoms with E-state index < -0.39 is 0 Å². The van der Waals surface area contributed by atoms with Crippen molar-refractivity contribution in [1.82, 2.24) is 14.7 Å². The Morgan fingerprint density at radius 2 is 2.50 bits per heavy atom. The first-order valence-electron chi connectivity index (χ1n) is 5.67. The summed E-state index contributed by atoms with van der Waals surface area (Å²) < 4.78 is 1.65. The van der Waals surface area contributed by atoms with Crippen molar-refractivity contribution in [2.45, 2.75) is 25.9 Å². The Labute approximate surface area is 95.2 Å². The molecule has 1 aromatic heterocycles. The molecule has 2 unspecified atom stereocenters. The lowest BCUT2D eigenvalue weighted by molar-refractivity contribution is -0.131. The fraction of sp³-hybridized carbons (Fsp3) is 0.636. The number of rotatable bonds is 3. The summed E-state index contributed by atoms with van der Waals surface area (Å²) in [6.45, 7) is 3.95. The topological polar surface area (TPSA) is 64.2 Å². The molecule has 0 aliphatic carbocycles. The van der Waals surface area contributed by atoms with Gasteiger partial charge in [0.05, 0.1) is 0 Å². The summed E-state index contributed by atoms with van der Waals surface area (Å²) in [7, 11) is 0. The quantitative estimate of drug-likeness (QED) is 0.787. The van der Waals surface area contributed by atoms with E-state index in [0.29, 0.717) is 12.5 Å². The minimum atomic E-state index is 0.131. The summed E-state index contributed by atoms with van der Waals surface area (Å²) in [6.07, 6.45) is 4.50. The number of nitrogens with zero attached hydrogens (tertiary/aromatic N) is 3. The Bertz CT molecular complexity index is 347. The third-order valence-electron chi connectivity index (χ3n) is 3.18. The molecule has 2 heterocycles. The molecule has 1 saturated heterocycles. The van der Waals surface area contributed by atoms with Crippen LogP contribution in [0.25, 0.3) is 0 Å². The average molecular weight is 222 g/mol. The van der Waals surface area contributed by atoms with Gasteiger partial charge in [-0.3, -0.25) is 9.48 Å². The van der Waals surface area contributed by atoms with Crippen molar-refractivity contribution in [1.29, 1.82) is 0 Å². The van der Waals surface area contributed by atoms with Crippen LogP contribution in [-0.4, -0.2) is 39.7 Å². The lowest BCUT2D eigenvalue weighted by Gasteiger charge is -2.18. The van der Waals surface area contributed by atoms with Gasteiger partial charge in [0.25, 0.3) is 0 Å². The lowest BCUT2D eigenvalue weighted by atomic mass is 10.0. The molecule has 5 heteroatoms. The summed E-state index contributed by atoms with van der Waals surface area (Å²) >= 11 is 0. The van der Waals surface area contributed by atoms with Gasteiger partial charge in [0, 0.05) is 31.5 Å². The van der Waals surface area contributed by atoms with Crippen molar-refractivity contribution in [3.05, 3.63) is 18.5 Å². The van der Waals surface area contributed by atoms with Crippen LogP contribution < -0.4 is 5.73 Å². The molecular weight excluding hydrogens is 204 g/mol. The monoisotopic (exact) mass is 222 g/mol. The van der Waals surface area contributed by atoms with E-state index >= 15 is 0 Å². The second-order valence-corrected chi connectivity index (χ2v) is 4.45. The van der Waals surface area contributed by atoms with Crippen LogP contribution in [0.1, 0.15) is 13.3 Å². The fourth-order valence-corrected chi connectivity index (χ4v) is 2.08. The number of aromatic nitrogens is 2. The molecule has 88 valence electrons. The molecule has 2 rings (SSSR count). The molecular formula is C11H18N4O. The standard InChI is InChI=1S/C11H18N4O/c1-9(12)10-3-6-14(7-10)11(16)8-15-5-2-4-13-15/h2,4-5,9-10H,3,6-8,12H2,1H3. The summed E-state index contributed by atoms with van der Waals surface area (Å²) in [5.74, 6) is 0.577. The first-order chi connectivity index (χ1) is 7.66. The van der Waals surface area contributed by atoms with Crippen LogP contribution in [0.3, 0.4) is 0 Å². The molecule has 1 aromatic rings. The van der Waals surface area contributed by atoms with Gasteiger partial charge in [-0.25, -0.2) is 0 Å². The fourth-order valence-electron chi connectivity index (χ4n) is 2.08. The van der Waals surface area contributed by atoms with E-state index in [4.69, 9.17) is 5.73 Å². The van der Waals surface area contributed by atoms with E-state index in [1.165, 1.54) is 0 Å². The third kappa shape index (κ3) is 2.41. The molecule has 1 aliphatic rings. The van der Waals surface area contributed by atoms with Crippen molar-refractivity contribution in [2.24, 2.45) is 11.7 Å². The Morgan fingerprint density at radius 3 is 3.06 bits per heavy atom. The molecule has 2 N–H and O–H groups in total. The normalized spacial score (nSPS) is 22.4. The van der Waals surface area contributed by atoms with Gasteiger partial charge in [-0.05, 0) is 25.3 Å². The Kier molecular flexibility index (Phi) is 3.24. The SMILES string of the molecule is CC(N)C1CCN(C(=O)Cn2cccn2)C1. The Balaban J connectivity index is 1.87. The highest BCUT2D eigenvalue weighted by Gasteiger charge is 2.28. The number of likely N-dealkylation sites (tertiary alicyclic amines) is 1. The van der Waals surface area contributed by atoms with E-state index in [9.17, 15) is 4.79 Å². The van der Waals surface area contributed by atoms with Gasteiger partial charge >= 0.3 is 0 Å². The predicted molar refractivity (Wildman–Crippen MR) is 60.6 cm³/mol. The predicted octanol–water partition coefficient (Wildman–Crippen LogP) is 0.0788. The molecule has 1 fully saturated rings. The van der Waals surface area contributed by atoms with Crippen LogP contribution >= 0.6 is 0 Å². The van der Waals surface area contributed by atoms with E-state index in [0.717, 1.165) is 19.5 Å². The van der Waals surface area contributed by atoms with Crippen LogP contribution in [0.5, 0.6) is 0 Å². The van der Waals surface area contributed by atoms with Crippen LogP contribution in [0, 0.1) is 5.92 Å². The van der Waals surface area contributed by atoms with E-state index in [1.807, 2.05) is 17.9 Å². The first-order valence-corrected chi connectivity index (χ1v) is 5.67. The minimum absolute atomic E-state index is 0.131. The van der Waals surface area contributed by atoms with Crippen LogP contribution in [0.4, 0.5) is 0 Å². The summed E-state index contributed by atoms with van der Waals surface area (Å²) in [5.41, 5.74) is 5.84. The maximum atomic E-state index is 11.9. The van der Waals surface area contributed by atoms with Crippen molar-refractivity contribution in [2.75, 3.05) is 13.1 Å². The van der Waals surface area contributed by atoms with Gasteiger partial charge < -0.3 is 10.6 Å². The highest BCUT2D eigenvalue weighted by molar-refractivity contribution is 5.76. The highest BCUT2D eigenvalue weighted by atomic mass is 16.2. The van der Waals surface area contributed by atoms with Gasteiger partial charge in [0.1, 0.15) is 6.54 Å². The molecule has 1 aliphatic heterocycles. The zero-order valence-corrected chi connectivity index (χ0v) is 9.54. The second kappa shape index (κ2) is 4.65. The van der Waals surface area contributed by atoms with Gasteiger partial charge in [-0.1, -0.05) is 0 Å². The molecule has 2 atom stereocenters. The first kappa shape index (κ1) is 11.1. The number of amides is 1. The van der Waals surface area contributed by atoms with Gasteiger partial charge in [0.2, 0.25) is 5.91 Å². The number of nitrogens with two attached hydrogens (primary N) is 1. The minimum Gasteiger partial charge on any atom is -0.341 e. The number of carbonyl (C=O) groups excluding carboxylic acids is 1. The molecule has 5 nitrogen and oxygen atoms in total. The number of hydrogen-bond acceptors (Lipinski definition) is 3. The zero-order valence-electron chi connectivity index (χ0n) is 9.54.